The molecule has 0 radical (unpaired) electrons. The Bertz CT molecular complexity index is 1250. The molecular weight excluding hydrogens is 447 g/mol. The number of nitrogens with one attached hydrogen (secondary N) is 1. The number of nitrogens with zero attached hydrogens (tertiary/aromatic N) is 3. The normalized spacial score (nSPS) is 21.1. The van der Waals surface area contributed by atoms with Crippen LogP contribution in [0.1, 0.15) is 44.2 Å². The molecule has 1 aliphatic carbocycles. The van der Waals surface area contributed by atoms with Crippen molar-refractivity contribution in [1.82, 2.24) is 19.9 Å². The highest BCUT2D eigenvalue weighted by Crippen LogP contribution is 2.36. The molecular formula is C27H31FN4O3. The fourth-order valence-electron chi connectivity index (χ4n) is 5.49. The van der Waals surface area contributed by atoms with Crippen molar-refractivity contribution in [2.45, 2.75) is 44.6 Å². The van der Waals surface area contributed by atoms with Crippen LogP contribution in [0.3, 0.4) is 0 Å². The van der Waals surface area contributed by atoms with Gasteiger partial charge < -0.3 is 14.5 Å². The van der Waals surface area contributed by atoms with Gasteiger partial charge in [-0.15, -0.1) is 0 Å². The van der Waals surface area contributed by atoms with Gasteiger partial charge in [0.25, 0.3) is 0 Å². The maximum Gasteiger partial charge on any atom is 0.305 e. The quantitative estimate of drug-likeness (QED) is 0.503. The van der Waals surface area contributed by atoms with Gasteiger partial charge in [-0.25, -0.2) is 14.4 Å². The predicted octanol–water partition coefficient (Wildman–Crippen LogP) is 4.98. The first-order valence-corrected chi connectivity index (χ1v) is 12.2. The molecule has 0 unspecified atom stereocenters. The Morgan fingerprint density at radius 1 is 1.17 bits per heavy atom. The lowest BCUT2D eigenvalue weighted by molar-refractivity contribution is -0.142. The zero-order chi connectivity index (χ0) is 24.4. The average Bonchev–Trinajstić information content (AvgIpc) is 3.34. The Labute approximate surface area is 204 Å². The molecule has 2 aromatic heterocycles. The Morgan fingerprint density at radius 2 is 2.00 bits per heavy atom. The number of aromatic nitrogens is 3. The number of esters is 1. The molecule has 7 nitrogen and oxygen atoms in total. The van der Waals surface area contributed by atoms with Crippen molar-refractivity contribution in [2.75, 3.05) is 27.3 Å². The summed E-state index contributed by atoms with van der Waals surface area (Å²) in [5, 5.41) is 0.846. The Balaban J connectivity index is 1.31. The van der Waals surface area contributed by atoms with E-state index >= 15 is 0 Å². The van der Waals surface area contributed by atoms with Crippen LogP contribution in [0.4, 0.5) is 4.39 Å². The lowest BCUT2D eigenvalue weighted by atomic mass is 9.83. The van der Waals surface area contributed by atoms with Gasteiger partial charge in [0.1, 0.15) is 23.5 Å². The first-order valence-electron chi connectivity index (χ1n) is 12.2. The number of carbonyl (C=O) groups is 1. The molecule has 0 atom stereocenters. The van der Waals surface area contributed by atoms with Gasteiger partial charge in [-0.3, -0.25) is 9.69 Å². The molecule has 3 aromatic rings. The third-order valence-electron chi connectivity index (χ3n) is 7.44. The second-order valence-corrected chi connectivity index (χ2v) is 9.44. The number of carbonyl (C=O) groups excluding carboxylic acids is 1. The lowest BCUT2D eigenvalue weighted by Gasteiger charge is -2.38. The maximum absolute atomic E-state index is 14.0. The summed E-state index contributed by atoms with van der Waals surface area (Å²) in [5.74, 6) is 0.592. The summed E-state index contributed by atoms with van der Waals surface area (Å²) < 4.78 is 24.3. The Hall–Kier alpha value is -3.26. The molecule has 5 rings (SSSR count). The van der Waals surface area contributed by atoms with E-state index in [0.717, 1.165) is 61.9 Å². The third kappa shape index (κ3) is 4.93. The zero-order valence-electron chi connectivity index (χ0n) is 20.2. The van der Waals surface area contributed by atoms with Crippen LogP contribution in [0, 0.1) is 11.7 Å². The molecule has 184 valence electrons. The van der Waals surface area contributed by atoms with Crippen molar-refractivity contribution >= 4 is 22.6 Å². The molecule has 1 saturated carbocycles. The van der Waals surface area contributed by atoms with Crippen molar-refractivity contribution in [1.29, 1.82) is 0 Å². The molecule has 8 heteroatoms. The van der Waals surface area contributed by atoms with E-state index in [0.29, 0.717) is 35.4 Å². The predicted molar refractivity (Wildman–Crippen MR) is 132 cm³/mol. The largest absolute Gasteiger partial charge is 0.496 e. The SMILES string of the molecule is COC(=O)CC1CCC(N2CC=C(c3cc4c(-c5cc(F)ccc5OC)ncnc4[nH]3)CC2)CC1. The summed E-state index contributed by atoms with van der Waals surface area (Å²) in [5.41, 5.74) is 4.27. The van der Waals surface area contributed by atoms with Gasteiger partial charge in [-0.2, -0.15) is 0 Å². The number of ether oxygens (including phenoxy) is 2. The van der Waals surface area contributed by atoms with E-state index in [1.165, 1.54) is 31.1 Å². The Kier molecular flexibility index (Phi) is 6.81. The number of aromatic amines is 1. The molecule has 0 spiro atoms. The second-order valence-electron chi connectivity index (χ2n) is 9.44. The number of fused-ring (bicyclic) bond motifs is 1. The fourth-order valence-corrected chi connectivity index (χ4v) is 5.49. The van der Waals surface area contributed by atoms with Crippen LogP contribution in [0.5, 0.6) is 5.75 Å². The highest BCUT2D eigenvalue weighted by atomic mass is 19.1. The van der Waals surface area contributed by atoms with Gasteiger partial charge in [-0.1, -0.05) is 6.08 Å². The van der Waals surface area contributed by atoms with Crippen LogP contribution in [0.2, 0.25) is 0 Å². The molecule has 35 heavy (non-hydrogen) atoms. The van der Waals surface area contributed by atoms with Gasteiger partial charge in [0.2, 0.25) is 0 Å². The van der Waals surface area contributed by atoms with Crippen LogP contribution in [-0.4, -0.2) is 59.2 Å². The highest BCUT2D eigenvalue weighted by Gasteiger charge is 2.28. The van der Waals surface area contributed by atoms with E-state index in [1.807, 2.05) is 0 Å². The minimum atomic E-state index is -0.335. The van der Waals surface area contributed by atoms with E-state index in [2.05, 4.69) is 32.0 Å². The van der Waals surface area contributed by atoms with Gasteiger partial charge >= 0.3 is 5.97 Å². The van der Waals surface area contributed by atoms with Crippen molar-refractivity contribution in [3.05, 3.63) is 48.2 Å². The molecule has 1 fully saturated rings. The van der Waals surface area contributed by atoms with E-state index in [9.17, 15) is 9.18 Å². The van der Waals surface area contributed by atoms with Gasteiger partial charge in [0.05, 0.1) is 19.9 Å². The van der Waals surface area contributed by atoms with Crippen LogP contribution >= 0.6 is 0 Å². The van der Waals surface area contributed by atoms with Gasteiger partial charge in [0.15, 0.2) is 0 Å². The van der Waals surface area contributed by atoms with E-state index < -0.39 is 0 Å². The van der Waals surface area contributed by atoms with E-state index in [4.69, 9.17) is 9.47 Å². The maximum atomic E-state index is 14.0. The molecule has 0 saturated heterocycles. The smallest absolute Gasteiger partial charge is 0.305 e. The van der Waals surface area contributed by atoms with Crippen LogP contribution < -0.4 is 4.74 Å². The Morgan fingerprint density at radius 3 is 2.71 bits per heavy atom. The highest BCUT2D eigenvalue weighted by molar-refractivity contribution is 5.94. The zero-order valence-corrected chi connectivity index (χ0v) is 20.2. The van der Waals surface area contributed by atoms with Crippen LogP contribution in [0.25, 0.3) is 27.9 Å². The second kappa shape index (κ2) is 10.2. The first-order chi connectivity index (χ1) is 17.1. The van der Waals surface area contributed by atoms with Gasteiger partial charge in [0, 0.05) is 42.2 Å². The van der Waals surface area contributed by atoms with Crippen molar-refractivity contribution in [2.24, 2.45) is 5.92 Å². The third-order valence-corrected chi connectivity index (χ3v) is 7.44. The molecule has 2 aliphatic rings. The number of rotatable bonds is 6. The number of hydrogen-bond acceptors (Lipinski definition) is 6. The van der Waals surface area contributed by atoms with Crippen molar-refractivity contribution in [3.8, 4) is 17.0 Å². The monoisotopic (exact) mass is 478 g/mol. The number of H-pyrrole nitrogens is 1. The molecule has 0 bridgehead atoms. The van der Waals surface area contributed by atoms with Crippen LogP contribution in [0.15, 0.2) is 36.7 Å². The van der Waals surface area contributed by atoms with Gasteiger partial charge in [-0.05, 0) is 67.9 Å². The summed E-state index contributed by atoms with van der Waals surface area (Å²) >= 11 is 0. The number of benzene rings is 1. The number of halogens is 1. The summed E-state index contributed by atoms with van der Waals surface area (Å²) in [6.45, 7) is 1.91. The standard InChI is InChI=1S/C27H31FN4O3/c1-34-24-8-5-19(28)14-21(24)26-22-15-23(31-27(22)30-16-29-26)18-9-11-32(12-10-18)20-6-3-17(4-7-20)13-25(33)35-2/h5,8-9,14-17,20H,3-4,6-7,10-13H2,1-2H3,(H,29,30,31). The van der Waals surface area contributed by atoms with Crippen LogP contribution in [-0.2, 0) is 9.53 Å². The topological polar surface area (TPSA) is 80.3 Å². The van der Waals surface area contributed by atoms with E-state index in [-0.39, 0.29) is 11.8 Å². The minimum Gasteiger partial charge on any atom is -0.496 e. The van der Waals surface area contributed by atoms with E-state index in [1.54, 1.807) is 13.2 Å². The lowest BCUT2D eigenvalue weighted by Crippen LogP contribution is -2.40. The first kappa shape index (κ1) is 23.5. The van der Waals surface area contributed by atoms with Crippen molar-refractivity contribution < 1.29 is 18.7 Å². The van der Waals surface area contributed by atoms with Crippen molar-refractivity contribution in [3.63, 3.8) is 0 Å². The molecule has 3 heterocycles. The summed E-state index contributed by atoms with van der Waals surface area (Å²) in [4.78, 5) is 26.4. The minimum absolute atomic E-state index is 0.0963. The summed E-state index contributed by atoms with van der Waals surface area (Å²) in [7, 11) is 3.03. The average molecular weight is 479 g/mol. The number of hydrogen-bond donors (Lipinski definition) is 1. The summed E-state index contributed by atoms with van der Waals surface area (Å²) in [6, 6.07) is 7.09. The molecule has 1 aromatic carbocycles. The fraction of sp³-hybridized carbons (Fsp3) is 0.444. The molecule has 0 amide bonds. The summed E-state index contributed by atoms with van der Waals surface area (Å²) in [6.07, 6.45) is 9.71. The molecule has 1 N–H and O–H groups in total. The number of methoxy groups -OCH3 is 2. The molecule has 1 aliphatic heterocycles.